The van der Waals surface area contributed by atoms with Crippen LogP contribution >= 0.6 is 0 Å². The van der Waals surface area contributed by atoms with Gasteiger partial charge in [-0.3, -0.25) is 4.68 Å². The monoisotopic (exact) mass is 358 g/mol. The molecular formula is C15H21F3N6O. The topological polar surface area (TPSA) is 76.9 Å². The largest absolute Gasteiger partial charge is 0.393 e. The summed E-state index contributed by atoms with van der Waals surface area (Å²) in [6.07, 6.45) is -2.46. The summed E-state index contributed by atoms with van der Waals surface area (Å²) in [4.78, 5) is 8.08. The van der Waals surface area contributed by atoms with Crippen LogP contribution in [0.5, 0.6) is 0 Å². The van der Waals surface area contributed by atoms with Gasteiger partial charge in [0.05, 0.1) is 30.5 Å². The van der Waals surface area contributed by atoms with Crippen molar-refractivity contribution in [2.45, 2.75) is 32.5 Å². The molecule has 25 heavy (non-hydrogen) atoms. The number of alkyl halides is 3. The minimum absolute atomic E-state index is 0.0123. The van der Waals surface area contributed by atoms with Gasteiger partial charge >= 0.3 is 6.18 Å². The molecule has 10 heteroatoms. The summed E-state index contributed by atoms with van der Waals surface area (Å²) in [6, 6.07) is 0.0437. The highest BCUT2D eigenvalue weighted by Gasteiger charge is 2.29. The quantitative estimate of drug-likeness (QED) is 0.792. The van der Waals surface area contributed by atoms with Gasteiger partial charge in [-0.05, 0) is 13.8 Å². The number of rotatable bonds is 7. The Bertz CT molecular complexity index is 716. The van der Waals surface area contributed by atoms with Gasteiger partial charge in [0, 0.05) is 32.1 Å². The highest BCUT2D eigenvalue weighted by atomic mass is 19.4. The van der Waals surface area contributed by atoms with E-state index in [4.69, 9.17) is 4.74 Å². The fourth-order valence-electron chi connectivity index (χ4n) is 2.30. The number of nitrogens with zero attached hydrogens (tertiary/aromatic N) is 4. The number of ether oxygens (including phenoxy) is 1. The van der Waals surface area contributed by atoms with E-state index in [1.165, 1.54) is 13.2 Å². The van der Waals surface area contributed by atoms with E-state index < -0.39 is 12.6 Å². The van der Waals surface area contributed by atoms with Crippen molar-refractivity contribution >= 4 is 17.5 Å². The number of halogens is 3. The SMILES string of the molecule is CNc1nc(Nc2cn([C@H](C)COC)nc2C)ncc1CC(F)(F)F. The molecule has 2 rings (SSSR count). The van der Waals surface area contributed by atoms with Crippen LogP contribution in [0.3, 0.4) is 0 Å². The van der Waals surface area contributed by atoms with Gasteiger partial charge in [0.1, 0.15) is 5.82 Å². The Balaban J connectivity index is 2.20. The fourth-order valence-corrected chi connectivity index (χ4v) is 2.30. The lowest BCUT2D eigenvalue weighted by atomic mass is 10.2. The van der Waals surface area contributed by atoms with Crippen LogP contribution in [0.15, 0.2) is 12.4 Å². The molecule has 1 atom stereocenters. The molecule has 0 aliphatic carbocycles. The molecule has 0 bridgehead atoms. The van der Waals surface area contributed by atoms with Crippen molar-refractivity contribution in [2.24, 2.45) is 0 Å². The van der Waals surface area contributed by atoms with Crippen LogP contribution in [0, 0.1) is 6.92 Å². The van der Waals surface area contributed by atoms with Gasteiger partial charge in [-0.2, -0.15) is 23.3 Å². The Hall–Kier alpha value is -2.36. The molecule has 0 aliphatic heterocycles. The summed E-state index contributed by atoms with van der Waals surface area (Å²) < 4.78 is 44.6. The Labute approximate surface area is 143 Å². The Kier molecular flexibility index (Phi) is 5.83. The van der Waals surface area contributed by atoms with Gasteiger partial charge in [0.2, 0.25) is 5.95 Å². The van der Waals surface area contributed by atoms with Crippen LogP contribution in [0.1, 0.15) is 24.2 Å². The Morgan fingerprint density at radius 3 is 2.68 bits per heavy atom. The van der Waals surface area contributed by atoms with Crippen molar-refractivity contribution in [2.75, 3.05) is 31.4 Å². The molecule has 0 aromatic carbocycles. The van der Waals surface area contributed by atoms with Gasteiger partial charge in [-0.15, -0.1) is 0 Å². The lowest BCUT2D eigenvalue weighted by Gasteiger charge is -2.12. The van der Waals surface area contributed by atoms with E-state index >= 15 is 0 Å². The molecule has 7 nitrogen and oxygen atoms in total. The zero-order chi connectivity index (χ0) is 18.6. The van der Waals surface area contributed by atoms with E-state index in [2.05, 4.69) is 25.7 Å². The average Bonchev–Trinajstić information content (AvgIpc) is 2.89. The highest BCUT2D eigenvalue weighted by Crippen LogP contribution is 2.26. The van der Waals surface area contributed by atoms with E-state index in [1.54, 1.807) is 18.0 Å². The van der Waals surface area contributed by atoms with Crippen molar-refractivity contribution in [3.63, 3.8) is 0 Å². The van der Waals surface area contributed by atoms with Crippen LogP contribution in [-0.4, -0.2) is 46.7 Å². The predicted octanol–water partition coefficient (Wildman–Crippen LogP) is 3.08. The molecule has 0 unspecified atom stereocenters. The lowest BCUT2D eigenvalue weighted by molar-refractivity contribution is -0.127. The summed E-state index contributed by atoms with van der Waals surface area (Å²) >= 11 is 0. The van der Waals surface area contributed by atoms with Crippen molar-refractivity contribution in [1.82, 2.24) is 19.7 Å². The molecule has 138 valence electrons. The first-order valence-corrected chi connectivity index (χ1v) is 7.65. The zero-order valence-electron chi connectivity index (χ0n) is 14.5. The standard InChI is InChI=1S/C15H21F3N6O/c1-9(8-25-4)24-7-12(10(2)23-24)21-14-20-6-11(5-15(16,17)18)13(19-3)22-14/h6-7,9H,5,8H2,1-4H3,(H2,19,20,21,22)/t9-/m1/s1. The maximum Gasteiger partial charge on any atom is 0.393 e. The summed E-state index contributed by atoms with van der Waals surface area (Å²) in [5.41, 5.74) is 1.38. The third kappa shape index (κ3) is 5.05. The van der Waals surface area contributed by atoms with Crippen LogP contribution in [-0.2, 0) is 11.2 Å². The van der Waals surface area contributed by atoms with Crippen molar-refractivity contribution in [3.05, 3.63) is 23.7 Å². The molecule has 2 N–H and O–H groups in total. The molecule has 0 spiro atoms. The molecule has 0 aliphatic rings. The van der Waals surface area contributed by atoms with E-state index in [0.717, 1.165) is 5.69 Å². The summed E-state index contributed by atoms with van der Waals surface area (Å²) in [6.45, 7) is 4.28. The molecule has 0 saturated carbocycles. The normalized spacial score (nSPS) is 12.9. The Morgan fingerprint density at radius 1 is 1.36 bits per heavy atom. The van der Waals surface area contributed by atoms with Gasteiger partial charge in [-0.25, -0.2) is 4.98 Å². The van der Waals surface area contributed by atoms with Crippen LogP contribution in [0.4, 0.5) is 30.6 Å². The summed E-state index contributed by atoms with van der Waals surface area (Å²) in [5, 5.41) is 10.0. The number of hydrogen-bond acceptors (Lipinski definition) is 6. The molecule has 0 amide bonds. The van der Waals surface area contributed by atoms with Gasteiger partial charge in [-0.1, -0.05) is 0 Å². The molecule has 0 fully saturated rings. The molecule has 2 heterocycles. The van der Waals surface area contributed by atoms with Crippen molar-refractivity contribution < 1.29 is 17.9 Å². The van der Waals surface area contributed by atoms with Crippen LogP contribution in [0.25, 0.3) is 0 Å². The van der Waals surface area contributed by atoms with Crippen LogP contribution in [0.2, 0.25) is 0 Å². The summed E-state index contributed by atoms with van der Waals surface area (Å²) in [5.74, 6) is 0.324. The average molecular weight is 358 g/mol. The van der Waals surface area contributed by atoms with Crippen molar-refractivity contribution in [1.29, 1.82) is 0 Å². The second-order valence-corrected chi connectivity index (χ2v) is 5.65. The van der Waals surface area contributed by atoms with Crippen LogP contribution < -0.4 is 10.6 Å². The first kappa shape index (κ1) is 19.0. The minimum Gasteiger partial charge on any atom is -0.382 e. The smallest absolute Gasteiger partial charge is 0.382 e. The number of methoxy groups -OCH3 is 1. The van der Waals surface area contributed by atoms with Gasteiger partial charge in [0.15, 0.2) is 0 Å². The predicted molar refractivity (Wildman–Crippen MR) is 88.2 cm³/mol. The number of anilines is 3. The van der Waals surface area contributed by atoms with E-state index in [9.17, 15) is 13.2 Å². The second kappa shape index (κ2) is 7.68. The summed E-state index contributed by atoms with van der Waals surface area (Å²) in [7, 11) is 3.13. The molecule has 2 aromatic heterocycles. The first-order valence-electron chi connectivity index (χ1n) is 7.65. The molecule has 0 radical (unpaired) electrons. The van der Waals surface area contributed by atoms with E-state index in [0.29, 0.717) is 12.3 Å². The van der Waals surface area contributed by atoms with E-state index in [-0.39, 0.29) is 23.4 Å². The third-order valence-corrected chi connectivity index (χ3v) is 3.51. The molecule has 2 aromatic rings. The highest BCUT2D eigenvalue weighted by molar-refractivity contribution is 5.57. The lowest BCUT2D eigenvalue weighted by Crippen LogP contribution is -2.14. The molecule has 0 saturated heterocycles. The second-order valence-electron chi connectivity index (χ2n) is 5.65. The maximum atomic E-state index is 12.6. The number of aryl methyl sites for hydroxylation is 1. The number of hydrogen-bond donors (Lipinski definition) is 2. The fraction of sp³-hybridized carbons (Fsp3) is 0.533. The Morgan fingerprint density at radius 2 is 2.08 bits per heavy atom. The zero-order valence-corrected chi connectivity index (χ0v) is 14.5. The van der Waals surface area contributed by atoms with Gasteiger partial charge in [0.25, 0.3) is 0 Å². The van der Waals surface area contributed by atoms with Gasteiger partial charge < -0.3 is 15.4 Å². The number of nitrogens with one attached hydrogen (secondary N) is 2. The first-order chi connectivity index (χ1) is 11.7. The van der Waals surface area contributed by atoms with Crippen molar-refractivity contribution in [3.8, 4) is 0 Å². The number of aromatic nitrogens is 4. The molecular weight excluding hydrogens is 337 g/mol. The van der Waals surface area contributed by atoms with E-state index in [1.807, 2.05) is 13.8 Å². The minimum atomic E-state index is -4.32. The maximum absolute atomic E-state index is 12.6. The third-order valence-electron chi connectivity index (χ3n) is 3.51.